The maximum atomic E-state index is 6.96. The largest absolute Gasteiger partial charge is 0.361 e. The summed E-state index contributed by atoms with van der Waals surface area (Å²) in [5, 5.41) is 6.33. The van der Waals surface area contributed by atoms with Gasteiger partial charge >= 0.3 is 0 Å². The molecule has 3 atom stereocenters. The Morgan fingerprint density at radius 1 is 1.08 bits per heavy atom. The lowest BCUT2D eigenvalue weighted by Crippen LogP contribution is -2.43. The van der Waals surface area contributed by atoms with Crippen molar-refractivity contribution in [3.05, 3.63) is 34.7 Å². The molecule has 0 radical (unpaired) electrons. The first kappa shape index (κ1) is 26.1. The number of aryl methyl sites for hydroxylation is 1. The monoisotopic (exact) mass is 570 g/mol. The molecule has 6 rings (SSSR count). The number of piperidine rings is 1. The molecule has 0 N–H and O–H groups in total. The Bertz CT molecular complexity index is 1500. The molecule has 202 valence electrons. The minimum absolute atomic E-state index is 0.427. The standard InChI is InChI=1S/C28H36Cl2N6OSi/c1-17-12-18-6-7-19(13-17)36(18)23-14-31-26-21(15-35(28(26)32-23)16-37-10-11-38(3,4)5)20-8-9-22-24(25(20)29)27(30)34(2)33-22/h8-9,14-15,17-19H,6-7,10-13,16H2,1-5H3/t17?,18-,19+. The van der Waals surface area contributed by atoms with Gasteiger partial charge in [-0.15, -0.1) is 0 Å². The molecule has 1 aromatic carbocycles. The molecular weight excluding hydrogens is 535 g/mol. The van der Waals surface area contributed by atoms with E-state index < -0.39 is 8.07 Å². The smallest absolute Gasteiger partial charge is 0.163 e. The number of fused-ring (bicyclic) bond motifs is 4. The molecule has 10 heteroatoms. The van der Waals surface area contributed by atoms with E-state index in [2.05, 4.69) is 47.3 Å². The van der Waals surface area contributed by atoms with Crippen LogP contribution < -0.4 is 4.90 Å². The number of aromatic nitrogens is 5. The quantitative estimate of drug-likeness (QED) is 0.171. The van der Waals surface area contributed by atoms with Crippen LogP contribution in [0, 0.1) is 5.92 Å². The SMILES string of the molecule is CC1C[C@H]2CC[C@@H](C1)N2c1cnc2c(-c3ccc4nn(C)c(Cl)c4c3Cl)cn(COCC[Si](C)(C)C)c2n1. The first-order chi connectivity index (χ1) is 18.1. The Morgan fingerprint density at radius 2 is 1.82 bits per heavy atom. The molecule has 0 aliphatic carbocycles. The molecule has 0 saturated carbocycles. The van der Waals surface area contributed by atoms with Crippen molar-refractivity contribution >= 4 is 59.2 Å². The average Bonchev–Trinajstić information content (AvgIpc) is 3.45. The third-order valence-corrected chi connectivity index (χ3v) is 10.7. The molecule has 7 nitrogen and oxygen atoms in total. The second-order valence-corrected chi connectivity index (χ2v) is 18.7. The number of hydrogen-bond acceptors (Lipinski definition) is 5. The maximum absolute atomic E-state index is 6.96. The van der Waals surface area contributed by atoms with Crippen LogP contribution >= 0.6 is 23.2 Å². The van der Waals surface area contributed by atoms with Gasteiger partial charge in [-0.05, 0) is 43.7 Å². The molecule has 2 bridgehead atoms. The highest BCUT2D eigenvalue weighted by Gasteiger charge is 2.40. The van der Waals surface area contributed by atoms with Crippen LogP contribution in [0.1, 0.15) is 32.6 Å². The Hall–Kier alpha value is -2.13. The first-order valence-corrected chi connectivity index (χ1v) is 18.1. The third-order valence-electron chi connectivity index (χ3n) is 8.17. The van der Waals surface area contributed by atoms with E-state index in [1.54, 1.807) is 4.68 Å². The minimum atomic E-state index is -1.19. The van der Waals surface area contributed by atoms with E-state index in [1.807, 2.05) is 25.4 Å². The van der Waals surface area contributed by atoms with Gasteiger partial charge in [0.15, 0.2) is 5.65 Å². The second kappa shape index (κ2) is 9.80. The number of benzene rings is 1. The summed E-state index contributed by atoms with van der Waals surface area (Å²) in [4.78, 5) is 12.8. The average molecular weight is 572 g/mol. The lowest BCUT2D eigenvalue weighted by atomic mass is 9.92. The molecule has 2 aliphatic heterocycles. The van der Waals surface area contributed by atoms with Crippen molar-refractivity contribution in [3.8, 4) is 11.1 Å². The zero-order valence-corrected chi connectivity index (χ0v) is 25.4. The molecule has 0 spiro atoms. The summed E-state index contributed by atoms with van der Waals surface area (Å²) in [6.45, 7) is 10.6. The van der Waals surface area contributed by atoms with Crippen LogP contribution in [0.25, 0.3) is 33.2 Å². The van der Waals surface area contributed by atoms with Crippen LogP contribution in [-0.2, 0) is 18.5 Å². The molecule has 2 aliphatic rings. The molecule has 0 amide bonds. The summed E-state index contributed by atoms with van der Waals surface area (Å²) in [6, 6.07) is 6.19. The summed E-state index contributed by atoms with van der Waals surface area (Å²) < 4.78 is 9.92. The summed E-state index contributed by atoms with van der Waals surface area (Å²) in [6.07, 6.45) is 8.96. The van der Waals surface area contributed by atoms with Crippen molar-refractivity contribution in [1.29, 1.82) is 0 Å². The maximum Gasteiger partial charge on any atom is 0.163 e. The lowest BCUT2D eigenvalue weighted by Gasteiger charge is -2.38. The fourth-order valence-corrected chi connectivity index (χ4v) is 7.63. The van der Waals surface area contributed by atoms with E-state index in [1.165, 1.54) is 25.7 Å². The zero-order valence-electron chi connectivity index (χ0n) is 22.8. The molecule has 1 unspecified atom stereocenters. The van der Waals surface area contributed by atoms with Crippen molar-refractivity contribution in [2.45, 2.75) is 77.1 Å². The molecular formula is C28H36Cl2N6OSi. The van der Waals surface area contributed by atoms with Crippen LogP contribution in [0.3, 0.4) is 0 Å². The highest BCUT2D eigenvalue weighted by molar-refractivity contribution is 6.76. The number of hydrogen-bond donors (Lipinski definition) is 0. The van der Waals surface area contributed by atoms with Crippen LogP contribution in [0.15, 0.2) is 24.5 Å². The molecule has 2 saturated heterocycles. The van der Waals surface area contributed by atoms with Crippen molar-refractivity contribution in [3.63, 3.8) is 0 Å². The lowest BCUT2D eigenvalue weighted by molar-refractivity contribution is 0.0899. The fraction of sp³-hybridized carbons (Fsp3) is 0.536. The molecule has 4 aromatic rings. The van der Waals surface area contributed by atoms with Gasteiger partial charge in [0.1, 0.15) is 23.2 Å². The number of nitrogens with zero attached hydrogens (tertiary/aromatic N) is 6. The van der Waals surface area contributed by atoms with Gasteiger partial charge in [0.05, 0.1) is 22.1 Å². The van der Waals surface area contributed by atoms with Gasteiger partial charge in [-0.3, -0.25) is 4.68 Å². The Kier molecular flexibility index (Phi) is 6.74. The zero-order chi connectivity index (χ0) is 26.8. The number of anilines is 1. The van der Waals surface area contributed by atoms with Crippen LogP contribution in [-0.4, -0.2) is 51.1 Å². The van der Waals surface area contributed by atoms with Crippen molar-refractivity contribution in [2.24, 2.45) is 13.0 Å². The highest BCUT2D eigenvalue weighted by atomic mass is 35.5. The van der Waals surface area contributed by atoms with Gasteiger partial charge < -0.3 is 14.2 Å². The summed E-state index contributed by atoms with van der Waals surface area (Å²) in [5.41, 5.74) is 4.22. The summed E-state index contributed by atoms with van der Waals surface area (Å²) >= 11 is 13.5. The summed E-state index contributed by atoms with van der Waals surface area (Å²) in [5.74, 6) is 1.74. The van der Waals surface area contributed by atoms with E-state index in [9.17, 15) is 0 Å². The van der Waals surface area contributed by atoms with Crippen LogP contribution in [0.2, 0.25) is 35.9 Å². The van der Waals surface area contributed by atoms with Gasteiger partial charge in [-0.25, -0.2) is 9.97 Å². The Balaban J connectivity index is 1.43. The van der Waals surface area contributed by atoms with E-state index in [0.717, 1.165) is 57.6 Å². The molecule has 5 heterocycles. The minimum Gasteiger partial charge on any atom is -0.361 e. The number of rotatable bonds is 7. The van der Waals surface area contributed by atoms with E-state index in [0.29, 0.717) is 29.0 Å². The number of halogens is 2. The van der Waals surface area contributed by atoms with Crippen molar-refractivity contribution in [1.82, 2.24) is 24.3 Å². The van der Waals surface area contributed by atoms with Gasteiger partial charge in [0, 0.05) is 51.1 Å². The van der Waals surface area contributed by atoms with E-state index in [4.69, 9.17) is 37.9 Å². The van der Waals surface area contributed by atoms with Crippen LogP contribution in [0.4, 0.5) is 5.82 Å². The van der Waals surface area contributed by atoms with Gasteiger partial charge in [0.2, 0.25) is 0 Å². The first-order valence-electron chi connectivity index (χ1n) is 13.6. The fourth-order valence-electron chi connectivity index (χ4n) is 6.24. The Morgan fingerprint density at radius 3 is 2.53 bits per heavy atom. The summed E-state index contributed by atoms with van der Waals surface area (Å²) in [7, 11) is 0.637. The van der Waals surface area contributed by atoms with Gasteiger partial charge in [-0.1, -0.05) is 55.8 Å². The van der Waals surface area contributed by atoms with Crippen LogP contribution in [0.5, 0.6) is 0 Å². The van der Waals surface area contributed by atoms with E-state index in [-0.39, 0.29) is 0 Å². The van der Waals surface area contributed by atoms with Crippen molar-refractivity contribution in [2.75, 3.05) is 11.5 Å². The predicted molar refractivity (Wildman–Crippen MR) is 159 cm³/mol. The predicted octanol–water partition coefficient (Wildman–Crippen LogP) is 7.37. The van der Waals surface area contributed by atoms with E-state index >= 15 is 0 Å². The number of ether oxygens (including phenoxy) is 1. The third kappa shape index (κ3) is 4.63. The molecule has 38 heavy (non-hydrogen) atoms. The van der Waals surface area contributed by atoms with Crippen molar-refractivity contribution < 1.29 is 4.74 Å². The topological polar surface area (TPSA) is 61.0 Å². The normalized spacial score (nSPS) is 21.8. The Labute approximate surface area is 235 Å². The molecule has 3 aromatic heterocycles. The molecule has 2 fully saturated rings. The van der Waals surface area contributed by atoms with Gasteiger partial charge in [0.25, 0.3) is 0 Å². The van der Waals surface area contributed by atoms with Gasteiger partial charge in [-0.2, -0.15) is 5.10 Å². The highest BCUT2D eigenvalue weighted by Crippen LogP contribution is 2.43. The second-order valence-electron chi connectivity index (χ2n) is 12.4.